The highest BCUT2D eigenvalue weighted by atomic mass is 16.8. The predicted octanol–water partition coefficient (Wildman–Crippen LogP) is 1.02. The summed E-state index contributed by atoms with van der Waals surface area (Å²) in [6.07, 6.45) is 0.0666. The van der Waals surface area contributed by atoms with E-state index in [1.54, 1.807) is 13.8 Å². The molecule has 1 rings (SSSR count). The molecule has 0 aliphatic heterocycles. The first-order valence-corrected chi connectivity index (χ1v) is 6.77. The van der Waals surface area contributed by atoms with Crippen LogP contribution < -0.4 is 5.73 Å². The molecule has 0 aromatic rings. The van der Waals surface area contributed by atoms with Crippen molar-refractivity contribution < 1.29 is 33.7 Å². The Hall–Kier alpha value is -1.83. The van der Waals surface area contributed by atoms with Crippen LogP contribution in [0.4, 0.5) is 4.79 Å². The Morgan fingerprint density at radius 3 is 2.57 bits per heavy atom. The van der Waals surface area contributed by atoms with Crippen LogP contribution in [-0.2, 0) is 23.8 Å². The Labute approximate surface area is 122 Å². The molecular formula is C13H21NO7. The largest absolute Gasteiger partial charge is 0.511 e. The van der Waals surface area contributed by atoms with E-state index in [0.717, 1.165) is 0 Å². The van der Waals surface area contributed by atoms with Gasteiger partial charge in [-0.1, -0.05) is 6.42 Å². The number of carboxylic acid groups (broad SMARTS) is 1. The molecule has 8 heteroatoms. The fraction of sp³-hybridized carbons (Fsp3) is 0.769. The number of hydrogen-bond acceptors (Lipinski definition) is 7. The van der Waals surface area contributed by atoms with Crippen LogP contribution in [0.1, 0.15) is 39.5 Å². The summed E-state index contributed by atoms with van der Waals surface area (Å²) in [6.45, 7) is 2.69. The van der Waals surface area contributed by atoms with Crippen molar-refractivity contribution in [1.29, 1.82) is 0 Å². The Kier molecular flexibility index (Phi) is 5.95. The third-order valence-electron chi connectivity index (χ3n) is 3.37. The van der Waals surface area contributed by atoms with E-state index in [-0.39, 0.29) is 12.5 Å². The van der Waals surface area contributed by atoms with E-state index in [9.17, 15) is 14.4 Å². The zero-order valence-corrected chi connectivity index (χ0v) is 12.2. The molecule has 0 radical (unpaired) electrons. The quantitative estimate of drug-likeness (QED) is 0.550. The van der Waals surface area contributed by atoms with Gasteiger partial charge < -0.3 is 25.1 Å². The summed E-state index contributed by atoms with van der Waals surface area (Å²) >= 11 is 0. The second kappa shape index (κ2) is 7.26. The molecular weight excluding hydrogens is 282 g/mol. The van der Waals surface area contributed by atoms with Gasteiger partial charge in [-0.05, 0) is 32.6 Å². The summed E-state index contributed by atoms with van der Waals surface area (Å²) in [5.74, 6) is -2.25. The van der Waals surface area contributed by atoms with Gasteiger partial charge >= 0.3 is 18.1 Å². The number of esters is 1. The summed E-state index contributed by atoms with van der Waals surface area (Å²) in [5, 5.41) is 8.83. The van der Waals surface area contributed by atoms with Gasteiger partial charge in [-0.15, -0.1) is 0 Å². The van der Waals surface area contributed by atoms with Gasteiger partial charge in [-0.25, -0.2) is 9.59 Å². The molecule has 21 heavy (non-hydrogen) atoms. The highest BCUT2D eigenvalue weighted by molar-refractivity contribution is 5.82. The van der Waals surface area contributed by atoms with Crippen LogP contribution in [0.3, 0.4) is 0 Å². The van der Waals surface area contributed by atoms with Gasteiger partial charge in [0.1, 0.15) is 5.54 Å². The molecule has 0 saturated heterocycles. The van der Waals surface area contributed by atoms with Crippen LogP contribution in [-0.4, -0.2) is 41.6 Å². The number of hydrogen-bond donors (Lipinski definition) is 2. The van der Waals surface area contributed by atoms with Crippen LogP contribution >= 0.6 is 0 Å². The van der Waals surface area contributed by atoms with E-state index >= 15 is 0 Å². The third-order valence-corrected chi connectivity index (χ3v) is 3.37. The Morgan fingerprint density at radius 2 is 2.00 bits per heavy atom. The number of carbonyl (C=O) groups is 3. The molecule has 1 saturated carbocycles. The zero-order valence-electron chi connectivity index (χ0n) is 12.2. The lowest BCUT2D eigenvalue weighted by molar-refractivity contribution is -0.162. The average Bonchev–Trinajstić information content (AvgIpc) is 2.70. The van der Waals surface area contributed by atoms with E-state index < -0.39 is 36.3 Å². The molecule has 2 unspecified atom stereocenters. The highest BCUT2D eigenvalue weighted by Crippen LogP contribution is 2.37. The SMILES string of the molecule is CC(C)OC(=O)OCOC(=O)C1(N)CCCC1CC(=O)O. The lowest BCUT2D eigenvalue weighted by Gasteiger charge is -2.27. The van der Waals surface area contributed by atoms with Crippen LogP contribution in [0.15, 0.2) is 0 Å². The van der Waals surface area contributed by atoms with Crippen molar-refractivity contribution in [3.05, 3.63) is 0 Å². The van der Waals surface area contributed by atoms with Gasteiger partial charge in [0.25, 0.3) is 0 Å². The molecule has 3 N–H and O–H groups in total. The van der Waals surface area contributed by atoms with Gasteiger partial charge in [-0.2, -0.15) is 0 Å². The Morgan fingerprint density at radius 1 is 1.33 bits per heavy atom. The maximum Gasteiger partial charge on any atom is 0.511 e. The number of nitrogens with two attached hydrogens (primary N) is 1. The fourth-order valence-corrected chi connectivity index (χ4v) is 2.36. The predicted molar refractivity (Wildman–Crippen MR) is 70.2 cm³/mol. The molecule has 1 aliphatic rings. The number of carbonyl (C=O) groups excluding carboxylic acids is 2. The molecule has 0 aromatic heterocycles. The van der Waals surface area contributed by atoms with Gasteiger partial charge in [0.15, 0.2) is 0 Å². The van der Waals surface area contributed by atoms with Crippen molar-refractivity contribution >= 4 is 18.1 Å². The number of aliphatic carboxylic acids is 1. The number of ether oxygens (including phenoxy) is 3. The first-order chi connectivity index (χ1) is 9.75. The lowest BCUT2D eigenvalue weighted by Crippen LogP contribution is -2.52. The topological polar surface area (TPSA) is 125 Å². The minimum Gasteiger partial charge on any atom is -0.481 e. The van der Waals surface area contributed by atoms with E-state index in [0.29, 0.717) is 19.3 Å². The smallest absolute Gasteiger partial charge is 0.481 e. The van der Waals surface area contributed by atoms with Crippen molar-refractivity contribution in [1.82, 2.24) is 0 Å². The average molecular weight is 303 g/mol. The van der Waals surface area contributed by atoms with Gasteiger partial charge in [0.2, 0.25) is 6.79 Å². The van der Waals surface area contributed by atoms with Crippen molar-refractivity contribution in [2.45, 2.75) is 51.2 Å². The van der Waals surface area contributed by atoms with E-state index in [4.69, 9.17) is 20.3 Å². The standard InChI is InChI=1S/C13H21NO7/c1-8(2)21-12(18)20-7-19-11(17)13(14)5-3-4-9(13)6-10(15)16/h8-9H,3-7,14H2,1-2H3,(H,15,16). The molecule has 120 valence electrons. The fourth-order valence-electron chi connectivity index (χ4n) is 2.36. The molecule has 1 fully saturated rings. The van der Waals surface area contributed by atoms with Crippen molar-refractivity contribution in [2.75, 3.05) is 6.79 Å². The lowest BCUT2D eigenvalue weighted by atomic mass is 9.86. The summed E-state index contributed by atoms with van der Waals surface area (Å²) in [6, 6.07) is 0. The molecule has 2 atom stereocenters. The van der Waals surface area contributed by atoms with E-state index in [1.165, 1.54) is 0 Å². The molecule has 0 aromatic carbocycles. The van der Waals surface area contributed by atoms with Gasteiger partial charge in [0, 0.05) is 0 Å². The molecule has 0 heterocycles. The second-order valence-electron chi connectivity index (χ2n) is 5.34. The number of carboxylic acids is 1. The van der Waals surface area contributed by atoms with Gasteiger partial charge in [-0.3, -0.25) is 4.79 Å². The zero-order chi connectivity index (χ0) is 16.0. The summed E-state index contributed by atoms with van der Waals surface area (Å²) in [4.78, 5) is 33.9. The third kappa shape index (κ3) is 4.89. The molecule has 8 nitrogen and oxygen atoms in total. The molecule has 1 aliphatic carbocycles. The van der Waals surface area contributed by atoms with Crippen molar-refractivity contribution in [3.8, 4) is 0 Å². The first-order valence-electron chi connectivity index (χ1n) is 6.77. The van der Waals surface area contributed by atoms with Crippen molar-refractivity contribution in [3.63, 3.8) is 0 Å². The van der Waals surface area contributed by atoms with E-state index in [1.807, 2.05) is 0 Å². The summed E-state index contributed by atoms with van der Waals surface area (Å²) < 4.78 is 14.1. The summed E-state index contributed by atoms with van der Waals surface area (Å²) in [5.41, 5.74) is 4.64. The van der Waals surface area contributed by atoms with Crippen LogP contribution in [0.2, 0.25) is 0 Å². The minimum absolute atomic E-state index is 0.193. The maximum atomic E-state index is 12.0. The molecule has 0 spiro atoms. The molecule has 0 amide bonds. The minimum atomic E-state index is -1.34. The van der Waals surface area contributed by atoms with E-state index in [2.05, 4.69) is 4.74 Å². The van der Waals surface area contributed by atoms with Crippen LogP contribution in [0.25, 0.3) is 0 Å². The Bertz CT molecular complexity index is 409. The second-order valence-corrected chi connectivity index (χ2v) is 5.34. The highest BCUT2D eigenvalue weighted by Gasteiger charge is 2.47. The number of rotatable bonds is 6. The normalized spacial score (nSPS) is 24.7. The van der Waals surface area contributed by atoms with Crippen LogP contribution in [0.5, 0.6) is 0 Å². The Balaban J connectivity index is 2.46. The first kappa shape index (κ1) is 17.2. The summed E-state index contributed by atoms with van der Waals surface area (Å²) in [7, 11) is 0. The monoisotopic (exact) mass is 303 g/mol. The van der Waals surface area contributed by atoms with Crippen LogP contribution in [0, 0.1) is 5.92 Å². The molecule has 0 bridgehead atoms. The van der Waals surface area contributed by atoms with Gasteiger partial charge in [0.05, 0.1) is 12.5 Å². The van der Waals surface area contributed by atoms with Crippen molar-refractivity contribution in [2.24, 2.45) is 11.7 Å². The maximum absolute atomic E-state index is 12.0.